The lowest BCUT2D eigenvalue weighted by molar-refractivity contribution is 0.0702. The minimum atomic E-state index is 0.0184. The predicted molar refractivity (Wildman–Crippen MR) is 92.7 cm³/mol. The summed E-state index contributed by atoms with van der Waals surface area (Å²) in [5, 5.41) is 0. The quantitative estimate of drug-likeness (QED) is 0.839. The number of rotatable bonds is 2. The van der Waals surface area contributed by atoms with Crippen LogP contribution in [0.4, 0.5) is 0 Å². The van der Waals surface area contributed by atoms with Gasteiger partial charge in [0.2, 0.25) is 0 Å². The highest BCUT2D eigenvalue weighted by atomic mass is 16.2. The van der Waals surface area contributed by atoms with E-state index in [-0.39, 0.29) is 23.9 Å². The van der Waals surface area contributed by atoms with Crippen molar-refractivity contribution in [1.29, 1.82) is 0 Å². The van der Waals surface area contributed by atoms with Crippen molar-refractivity contribution >= 4 is 11.8 Å². The number of benzene rings is 1. The van der Waals surface area contributed by atoms with Gasteiger partial charge in [-0.3, -0.25) is 9.59 Å². The van der Waals surface area contributed by atoms with E-state index < -0.39 is 0 Å². The molecule has 24 heavy (non-hydrogen) atoms. The Morgan fingerprint density at radius 1 is 0.708 bits per heavy atom. The van der Waals surface area contributed by atoms with Gasteiger partial charge in [0.15, 0.2) is 0 Å². The lowest BCUT2D eigenvalue weighted by Crippen LogP contribution is -2.43. The van der Waals surface area contributed by atoms with Gasteiger partial charge in [-0.2, -0.15) is 0 Å². The average molecular weight is 330 g/mol. The van der Waals surface area contributed by atoms with Gasteiger partial charge in [0, 0.05) is 49.4 Å². The van der Waals surface area contributed by atoms with Crippen molar-refractivity contribution in [2.45, 2.75) is 37.8 Å². The molecule has 0 bridgehead atoms. The number of nitrogens with zero attached hydrogens (tertiary/aromatic N) is 2. The molecule has 1 aromatic rings. The van der Waals surface area contributed by atoms with Crippen LogP contribution >= 0.6 is 0 Å². The smallest absolute Gasteiger partial charge is 0.253 e. The topological polar surface area (TPSA) is 92.7 Å². The monoisotopic (exact) mass is 330 g/mol. The van der Waals surface area contributed by atoms with Crippen molar-refractivity contribution in [3.8, 4) is 0 Å². The van der Waals surface area contributed by atoms with Crippen molar-refractivity contribution in [1.82, 2.24) is 9.80 Å². The van der Waals surface area contributed by atoms with E-state index in [1.807, 2.05) is 9.80 Å². The van der Waals surface area contributed by atoms with Crippen LogP contribution in [0.2, 0.25) is 0 Å². The van der Waals surface area contributed by atoms with E-state index in [4.69, 9.17) is 11.5 Å². The Bertz CT molecular complexity index is 533. The number of likely N-dealkylation sites (tertiary alicyclic amines) is 2. The predicted octanol–water partition coefficient (Wildman–Crippen LogP) is 0.813. The Kier molecular flexibility index (Phi) is 5.16. The molecule has 1 aromatic carbocycles. The molecule has 2 amide bonds. The third-order valence-electron chi connectivity index (χ3n) is 5.03. The molecule has 2 saturated heterocycles. The first kappa shape index (κ1) is 16.9. The summed E-state index contributed by atoms with van der Waals surface area (Å²) >= 11 is 0. The first-order valence-corrected chi connectivity index (χ1v) is 8.74. The van der Waals surface area contributed by atoms with Crippen LogP contribution in [0.5, 0.6) is 0 Å². The van der Waals surface area contributed by atoms with Gasteiger partial charge >= 0.3 is 0 Å². The largest absolute Gasteiger partial charge is 0.339 e. The first-order valence-electron chi connectivity index (χ1n) is 8.74. The molecular formula is C18H26N4O2. The highest BCUT2D eigenvalue weighted by Gasteiger charge is 2.24. The Balaban J connectivity index is 1.62. The molecular weight excluding hydrogens is 304 g/mol. The maximum atomic E-state index is 12.5. The van der Waals surface area contributed by atoms with Crippen LogP contribution in [0.1, 0.15) is 46.4 Å². The Morgan fingerprint density at radius 3 is 1.29 bits per heavy atom. The summed E-state index contributed by atoms with van der Waals surface area (Å²) in [6.45, 7) is 2.81. The second-order valence-electron chi connectivity index (χ2n) is 6.84. The van der Waals surface area contributed by atoms with Crippen molar-refractivity contribution in [3.63, 3.8) is 0 Å². The van der Waals surface area contributed by atoms with Crippen LogP contribution < -0.4 is 11.5 Å². The van der Waals surface area contributed by atoms with E-state index in [9.17, 15) is 9.59 Å². The maximum absolute atomic E-state index is 12.5. The maximum Gasteiger partial charge on any atom is 0.253 e. The summed E-state index contributed by atoms with van der Waals surface area (Å²) in [7, 11) is 0. The third-order valence-corrected chi connectivity index (χ3v) is 5.03. The molecule has 130 valence electrons. The molecule has 2 fully saturated rings. The Hall–Kier alpha value is -1.92. The fraction of sp³-hybridized carbons (Fsp3) is 0.556. The van der Waals surface area contributed by atoms with Gasteiger partial charge in [0.05, 0.1) is 0 Å². The van der Waals surface area contributed by atoms with Gasteiger partial charge in [-0.25, -0.2) is 0 Å². The van der Waals surface area contributed by atoms with Crippen LogP contribution in [0.3, 0.4) is 0 Å². The van der Waals surface area contributed by atoms with Crippen LogP contribution in [0.15, 0.2) is 24.3 Å². The van der Waals surface area contributed by atoms with Crippen molar-refractivity contribution < 1.29 is 9.59 Å². The number of hydrogen-bond acceptors (Lipinski definition) is 4. The fourth-order valence-corrected chi connectivity index (χ4v) is 3.33. The number of hydrogen-bond donors (Lipinski definition) is 2. The summed E-state index contributed by atoms with van der Waals surface area (Å²) in [5.41, 5.74) is 13.0. The minimum Gasteiger partial charge on any atom is -0.339 e. The van der Waals surface area contributed by atoms with E-state index in [1.54, 1.807) is 24.3 Å². The first-order chi connectivity index (χ1) is 11.5. The number of nitrogens with two attached hydrogens (primary N) is 2. The van der Waals surface area contributed by atoms with Gasteiger partial charge in [0.1, 0.15) is 0 Å². The van der Waals surface area contributed by atoms with E-state index >= 15 is 0 Å². The van der Waals surface area contributed by atoms with Gasteiger partial charge in [-0.05, 0) is 49.9 Å². The molecule has 3 rings (SSSR count). The van der Waals surface area contributed by atoms with Crippen LogP contribution in [0.25, 0.3) is 0 Å². The normalized spacial score (nSPS) is 20.2. The molecule has 0 aromatic heterocycles. The second-order valence-corrected chi connectivity index (χ2v) is 6.84. The van der Waals surface area contributed by atoms with Crippen LogP contribution in [-0.4, -0.2) is 59.9 Å². The third kappa shape index (κ3) is 3.76. The SMILES string of the molecule is NC1CCN(C(=O)c2ccc(C(=O)N3CCC(N)CC3)cc2)CC1. The zero-order valence-corrected chi connectivity index (χ0v) is 14.0. The zero-order valence-electron chi connectivity index (χ0n) is 14.0. The fourth-order valence-electron chi connectivity index (χ4n) is 3.33. The van der Waals surface area contributed by atoms with Crippen LogP contribution in [-0.2, 0) is 0 Å². The summed E-state index contributed by atoms with van der Waals surface area (Å²) in [6.07, 6.45) is 3.39. The molecule has 2 aliphatic heterocycles. The number of piperidine rings is 2. The molecule has 6 nitrogen and oxygen atoms in total. The summed E-state index contributed by atoms with van der Waals surface area (Å²) in [6, 6.07) is 7.40. The molecule has 2 heterocycles. The molecule has 0 unspecified atom stereocenters. The van der Waals surface area contributed by atoms with Gasteiger partial charge in [-0.1, -0.05) is 0 Å². The standard InChI is InChI=1S/C18H26N4O2/c19-15-5-9-21(10-6-15)17(23)13-1-2-14(4-3-13)18(24)22-11-7-16(20)8-12-22/h1-4,15-16H,5-12,19-20H2. The average Bonchev–Trinajstić information content (AvgIpc) is 2.62. The Morgan fingerprint density at radius 2 is 1.00 bits per heavy atom. The summed E-state index contributed by atoms with van der Waals surface area (Å²) < 4.78 is 0. The van der Waals surface area contributed by atoms with Crippen molar-refractivity contribution in [3.05, 3.63) is 35.4 Å². The summed E-state index contributed by atoms with van der Waals surface area (Å²) in [4.78, 5) is 28.7. The van der Waals surface area contributed by atoms with Gasteiger partial charge in [0.25, 0.3) is 11.8 Å². The lowest BCUT2D eigenvalue weighted by atomic mass is 10.0. The lowest BCUT2D eigenvalue weighted by Gasteiger charge is -2.31. The molecule has 4 N–H and O–H groups in total. The van der Waals surface area contributed by atoms with E-state index in [1.165, 1.54) is 0 Å². The molecule has 2 aliphatic rings. The van der Waals surface area contributed by atoms with Crippen molar-refractivity contribution in [2.75, 3.05) is 26.2 Å². The molecule has 0 spiro atoms. The van der Waals surface area contributed by atoms with Gasteiger partial charge in [-0.15, -0.1) is 0 Å². The summed E-state index contributed by atoms with van der Waals surface area (Å²) in [5.74, 6) is 0.0368. The number of carbonyl (C=O) groups is 2. The molecule has 0 radical (unpaired) electrons. The van der Waals surface area contributed by atoms with Crippen LogP contribution in [0, 0.1) is 0 Å². The highest BCUT2D eigenvalue weighted by molar-refractivity contribution is 5.97. The van der Waals surface area contributed by atoms with E-state index in [0.717, 1.165) is 25.7 Å². The Labute approximate surface area is 142 Å². The van der Waals surface area contributed by atoms with E-state index in [2.05, 4.69) is 0 Å². The molecule has 0 atom stereocenters. The molecule has 0 saturated carbocycles. The van der Waals surface area contributed by atoms with Crippen molar-refractivity contribution in [2.24, 2.45) is 11.5 Å². The van der Waals surface area contributed by atoms with Gasteiger partial charge < -0.3 is 21.3 Å². The highest BCUT2D eigenvalue weighted by Crippen LogP contribution is 2.16. The van der Waals surface area contributed by atoms with E-state index in [0.29, 0.717) is 37.3 Å². The zero-order chi connectivity index (χ0) is 17.1. The number of amides is 2. The minimum absolute atomic E-state index is 0.0184. The second kappa shape index (κ2) is 7.32. The number of carbonyl (C=O) groups excluding carboxylic acids is 2. The molecule has 6 heteroatoms. The molecule has 0 aliphatic carbocycles.